The lowest BCUT2D eigenvalue weighted by Gasteiger charge is -2.05. The summed E-state index contributed by atoms with van der Waals surface area (Å²) in [5.41, 5.74) is 1.10. The largest absolute Gasteiger partial charge is 0.192 e. The molecule has 70 valence electrons. The molecule has 0 unspecified atom stereocenters. The number of benzene rings is 1. The molecule has 0 radical (unpaired) electrons. The van der Waals surface area contributed by atoms with Crippen molar-refractivity contribution in [2.45, 2.75) is 24.0 Å². The van der Waals surface area contributed by atoms with Gasteiger partial charge in [-0.05, 0) is 18.2 Å². The Morgan fingerprint density at radius 3 is 1.93 bits per heavy atom. The zero-order chi connectivity index (χ0) is 10.6. The molecule has 0 saturated carbocycles. The van der Waals surface area contributed by atoms with E-state index in [9.17, 15) is 0 Å². The molecule has 0 aliphatic heterocycles. The zero-order valence-corrected chi connectivity index (χ0v) is 8.93. The van der Waals surface area contributed by atoms with E-state index in [2.05, 4.69) is 26.0 Å². The van der Waals surface area contributed by atoms with Crippen LogP contribution in [0.15, 0.2) is 23.1 Å². The first-order chi connectivity index (χ1) is 6.65. The van der Waals surface area contributed by atoms with Gasteiger partial charge in [0.2, 0.25) is 0 Å². The van der Waals surface area contributed by atoms with Gasteiger partial charge in [-0.2, -0.15) is 10.5 Å². The van der Waals surface area contributed by atoms with E-state index in [-0.39, 0.29) is 0 Å². The Kier molecular flexibility index (Phi) is 3.56. The highest BCUT2D eigenvalue weighted by Gasteiger charge is 2.02. The summed E-state index contributed by atoms with van der Waals surface area (Å²) in [5.74, 6) is 0. The van der Waals surface area contributed by atoms with E-state index in [1.165, 1.54) is 0 Å². The summed E-state index contributed by atoms with van der Waals surface area (Å²) in [6.07, 6.45) is 0. The van der Waals surface area contributed by atoms with E-state index in [1.807, 2.05) is 12.1 Å². The van der Waals surface area contributed by atoms with Crippen LogP contribution in [-0.2, 0) is 0 Å². The monoisotopic (exact) mass is 202 g/mol. The van der Waals surface area contributed by atoms with Crippen molar-refractivity contribution >= 4 is 11.8 Å². The van der Waals surface area contributed by atoms with Crippen molar-refractivity contribution in [1.29, 1.82) is 10.5 Å². The van der Waals surface area contributed by atoms with Crippen LogP contribution in [0, 0.1) is 22.7 Å². The van der Waals surface area contributed by atoms with Crippen molar-refractivity contribution in [3.8, 4) is 12.1 Å². The van der Waals surface area contributed by atoms with Crippen molar-refractivity contribution in [2.75, 3.05) is 0 Å². The second-order valence-corrected chi connectivity index (χ2v) is 4.79. The van der Waals surface area contributed by atoms with E-state index in [0.717, 1.165) is 4.90 Å². The SMILES string of the molecule is CC(C)Sc1cc(C#N)cc(C#N)c1. The summed E-state index contributed by atoms with van der Waals surface area (Å²) in [4.78, 5) is 0.982. The number of rotatable bonds is 2. The van der Waals surface area contributed by atoms with Gasteiger partial charge in [-0.25, -0.2) is 0 Å². The summed E-state index contributed by atoms with van der Waals surface area (Å²) in [6.45, 7) is 4.16. The van der Waals surface area contributed by atoms with Crippen molar-refractivity contribution in [3.05, 3.63) is 29.3 Å². The Morgan fingerprint density at radius 2 is 1.57 bits per heavy atom. The lowest BCUT2D eigenvalue weighted by Crippen LogP contribution is -1.88. The molecule has 1 aromatic carbocycles. The van der Waals surface area contributed by atoms with Crippen LogP contribution in [0.2, 0.25) is 0 Å². The lowest BCUT2D eigenvalue weighted by atomic mass is 10.1. The summed E-state index contributed by atoms with van der Waals surface area (Å²) < 4.78 is 0. The lowest BCUT2D eigenvalue weighted by molar-refractivity contribution is 1.11. The van der Waals surface area contributed by atoms with Crippen LogP contribution in [0.3, 0.4) is 0 Å². The van der Waals surface area contributed by atoms with Gasteiger partial charge in [0.25, 0.3) is 0 Å². The highest BCUT2D eigenvalue weighted by molar-refractivity contribution is 7.99. The third-order valence-electron chi connectivity index (χ3n) is 1.54. The molecule has 0 spiro atoms. The second kappa shape index (κ2) is 4.69. The molecule has 0 amide bonds. The van der Waals surface area contributed by atoms with Crippen molar-refractivity contribution in [3.63, 3.8) is 0 Å². The van der Waals surface area contributed by atoms with Gasteiger partial charge in [-0.3, -0.25) is 0 Å². The van der Waals surface area contributed by atoms with Crippen LogP contribution >= 0.6 is 11.8 Å². The maximum Gasteiger partial charge on any atom is 0.0992 e. The number of hydrogen-bond donors (Lipinski definition) is 0. The van der Waals surface area contributed by atoms with Crippen LogP contribution in [-0.4, -0.2) is 5.25 Å². The minimum absolute atomic E-state index is 0.454. The topological polar surface area (TPSA) is 47.6 Å². The molecule has 1 rings (SSSR count). The quantitative estimate of drug-likeness (QED) is 0.693. The molecule has 0 heterocycles. The highest BCUT2D eigenvalue weighted by Crippen LogP contribution is 2.24. The summed E-state index contributed by atoms with van der Waals surface area (Å²) in [7, 11) is 0. The summed E-state index contributed by atoms with van der Waals surface area (Å²) in [6, 6.07) is 9.33. The molecule has 0 aliphatic rings. The molecular weight excluding hydrogens is 192 g/mol. The normalized spacial score (nSPS) is 9.50. The third-order valence-corrected chi connectivity index (χ3v) is 2.52. The molecule has 1 aromatic rings. The Morgan fingerprint density at radius 1 is 1.07 bits per heavy atom. The van der Waals surface area contributed by atoms with Crippen LogP contribution in [0.25, 0.3) is 0 Å². The fraction of sp³-hybridized carbons (Fsp3) is 0.273. The van der Waals surface area contributed by atoms with E-state index in [1.54, 1.807) is 17.8 Å². The van der Waals surface area contributed by atoms with Crippen LogP contribution in [0.1, 0.15) is 25.0 Å². The number of nitriles is 2. The number of nitrogens with zero attached hydrogens (tertiary/aromatic N) is 2. The van der Waals surface area contributed by atoms with E-state index in [0.29, 0.717) is 16.4 Å². The molecule has 0 N–H and O–H groups in total. The first kappa shape index (κ1) is 10.6. The Balaban J connectivity index is 3.08. The van der Waals surface area contributed by atoms with Crippen molar-refractivity contribution in [2.24, 2.45) is 0 Å². The molecule has 0 aromatic heterocycles. The average Bonchev–Trinajstić information content (AvgIpc) is 2.16. The van der Waals surface area contributed by atoms with Gasteiger partial charge in [-0.1, -0.05) is 13.8 Å². The van der Waals surface area contributed by atoms with Gasteiger partial charge in [0, 0.05) is 10.1 Å². The van der Waals surface area contributed by atoms with Gasteiger partial charge < -0.3 is 0 Å². The molecule has 14 heavy (non-hydrogen) atoms. The van der Waals surface area contributed by atoms with Crippen LogP contribution in [0.4, 0.5) is 0 Å². The maximum atomic E-state index is 8.75. The Hall–Kier alpha value is -1.45. The molecule has 2 nitrogen and oxygen atoms in total. The van der Waals surface area contributed by atoms with Gasteiger partial charge in [0.1, 0.15) is 0 Å². The molecule has 0 atom stereocenters. The zero-order valence-electron chi connectivity index (χ0n) is 8.11. The van der Waals surface area contributed by atoms with Gasteiger partial charge >= 0.3 is 0 Å². The molecule has 0 fully saturated rings. The van der Waals surface area contributed by atoms with E-state index in [4.69, 9.17) is 10.5 Å². The summed E-state index contributed by atoms with van der Waals surface area (Å²) >= 11 is 1.66. The third kappa shape index (κ3) is 2.80. The predicted octanol–water partition coefficient (Wildman–Crippen LogP) is 2.93. The van der Waals surface area contributed by atoms with Crippen LogP contribution < -0.4 is 0 Å². The average molecular weight is 202 g/mol. The van der Waals surface area contributed by atoms with Gasteiger partial charge in [0.05, 0.1) is 23.3 Å². The Bertz CT molecular complexity index is 378. The molecule has 3 heteroatoms. The van der Waals surface area contributed by atoms with Gasteiger partial charge in [-0.15, -0.1) is 11.8 Å². The highest BCUT2D eigenvalue weighted by atomic mass is 32.2. The molecular formula is C11H10N2S. The minimum Gasteiger partial charge on any atom is -0.192 e. The molecule has 0 aliphatic carbocycles. The Labute approximate surface area is 88.2 Å². The number of thioether (sulfide) groups is 1. The van der Waals surface area contributed by atoms with Crippen molar-refractivity contribution in [1.82, 2.24) is 0 Å². The molecule has 0 saturated heterocycles. The fourth-order valence-electron chi connectivity index (χ4n) is 1.07. The second-order valence-electron chi connectivity index (χ2n) is 3.14. The van der Waals surface area contributed by atoms with E-state index >= 15 is 0 Å². The maximum absolute atomic E-state index is 8.75. The number of hydrogen-bond acceptors (Lipinski definition) is 3. The smallest absolute Gasteiger partial charge is 0.0992 e. The van der Waals surface area contributed by atoms with Gasteiger partial charge in [0.15, 0.2) is 0 Å². The van der Waals surface area contributed by atoms with Crippen molar-refractivity contribution < 1.29 is 0 Å². The first-order valence-electron chi connectivity index (χ1n) is 4.27. The van der Waals surface area contributed by atoms with Crippen LogP contribution in [0.5, 0.6) is 0 Å². The fourth-order valence-corrected chi connectivity index (χ4v) is 2.00. The first-order valence-corrected chi connectivity index (χ1v) is 5.15. The predicted molar refractivity (Wildman–Crippen MR) is 56.9 cm³/mol. The summed E-state index contributed by atoms with van der Waals surface area (Å²) in [5, 5.41) is 17.9. The minimum atomic E-state index is 0.454. The molecule has 0 bridgehead atoms. The van der Waals surface area contributed by atoms with E-state index < -0.39 is 0 Å². The standard InChI is InChI=1S/C11H10N2S/c1-8(2)14-11-4-9(6-12)3-10(5-11)7-13/h3-5,8H,1-2H3.